The van der Waals surface area contributed by atoms with Crippen molar-refractivity contribution in [3.8, 4) is 6.01 Å². The number of carboxylic acid groups (broad SMARTS) is 1. The van der Waals surface area contributed by atoms with Gasteiger partial charge in [0.1, 0.15) is 17.7 Å². The average Bonchev–Trinajstić information content (AvgIpc) is 3.30. The summed E-state index contributed by atoms with van der Waals surface area (Å²) in [6, 6.07) is 5.98. The molecular formula is C33H46N4O7. The van der Waals surface area contributed by atoms with E-state index in [9.17, 15) is 24.3 Å². The summed E-state index contributed by atoms with van der Waals surface area (Å²) in [4.78, 5) is 59.3. The Labute approximate surface area is 259 Å². The van der Waals surface area contributed by atoms with Gasteiger partial charge in [0.15, 0.2) is 5.78 Å². The maximum atomic E-state index is 14.2. The van der Waals surface area contributed by atoms with E-state index in [0.717, 1.165) is 11.0 Å². The Bertz CT molecular complexity index is 1440. The van der Waals surface area contributed by atoms with Crippen LogP contribution in [0.2, 0.25) is 0 Å². The van der Waals surface area contributed by atoms with Gasteiger partial charge in [-0.15, -0.1) is 6.58 Å². The predicted molar refractivity (Wildman–Crippen MR) is 165 cm³/mol. The number of amides is 2. The number of carbonyl (C=O) groups is 4. The fourth-order valence-electron chi connectivity index (χ4n) is 6.17. The van der Waals surface area contributed by atoms with Crippen LogP contribution in [0.5, 0.6) is 6.01 Å². The lowest BCUT2D eigenvalue weighted by molar-refractivity contribution is -0.147. The number of carboxylic acids is 1. The first-order valence-corrected chi connectivity index (χ1v) is 15.3. The maximum absolute atomic E-state index is 14.2. The van der Waals surface area contributed by atoms with Gasteiger partial charge in [0.25, 0.3) is 6.01 Å². The highest BCUT2D eigenvalue weighted by atomic mass is 16.6. The number of rotatable bonds is 11. The summed E-state index contributed by atoms with van der Waals surface area (Å²) in [6.45, 7) is 16.9. The molecule has 11 heteroatoms. The molecular weight excluding hydrogens is 564 g/mol. The van der Waals surface area contributed by atoms with Crippen molar-refractivity contribution < 1.29 is 33.8 Å². The Morgan fingerprint density at radius 1 is 1.18 bits per heavy atom. The fraction of sp³-hybridized carbons (Fsp3) is 0.606. The molecule has 2 aromatic rings. The van der Waals surface area contributed by atoms with Crippen LogP contribution in [-0.4, -0.2) is 73.6 Å². The molecule has 240 valence electrons. The highest BCUT2D eigenvalue weighted by Crippen LogP contribution is 2.57. The van der Waals surface area contributed by atoms with Crippen LogP contribution in [0.3, 0.4) is 0 Å². The highest BCUT2D eigenvalue weighted by molar-refractivity contribution is 5.96. The molecule has 0 radical (unpaired) electrons. The molecule has 0 unspecified atom stereocenters. The second-order valence-corrected chi connectivity index (χ2v) is 14.1. The van der Waals surface area contributed by atoms with Gasteiger partial charge in [-0.25, -0.2) is 4.79 Å². The molecule has 2 heterocycles. The Morgan fingerprint density at radius 2 is 1.86 bits per heavy atom. The first kappa shape index (κ1) is 33.0. The van der Waals surface area contributed by atoms with Crippen LogP contribution < -0.4 is 10.1 Å². The summed E-state index contributed by atoms with van der Waals surface area (Å²) >= 11 is 0. The van der Waals surface area contributed by atoms with Gasteiger partial charge in [-0.1, -0.05) is 52.3 Å². The number of fused-ring (bicyclic) bond motifs is 1. The van der Waals surface area contributed by atoms with E-state index in [1.807, 2.05) is 56.5 Å². The molecule has 4 rings (SSSR count). The number of hydrogen-bond acceptors (Lipinski definition) is 7. The van der Waals surface area contributed by atoms with E-state index in [-0.39, 0.29) is 31.1 Å². The number of nitrogens with one attached hydrogen (secondary N) is 1. The summed E-state index contributed by atoms with van der Waals surface area (Å²) in [6.07, 6.45) is 1.48. The summed E-state index contributed by atoms with van der Waals surface area (Å²) in [5, 5.41) is 12.7. The number of hydrogen-bond donors (Lipinski definition) is 2. The molecule has 2 N–H and O–H groups in total. The van der Waals surface area contributed by atoms with Crippen molar-refractivity contribution in [1.29, 1.82) is 0 Å². The van der Waals surface area contributed by atoms with E-state index >= 15 is 0 Å². The van der Waals surface area contributed by atoms with Crippen LogP contribution in [0, 0.1) is 16.7 Å². The third kappa shape index (κ3) is 6.92. The Balaban J connectivity index is 1.65. The molecule has 2 fully saturated rings. The third-order valence-electron chi connectivity index (χ3n) is 8.54. The predicted octanol–water partition coefficient (Wildman–Crippen LogP) is 4.97. The van der Waals surface area contributed by atoms with Crippen molar-refractivity contribution in [2.45, 2.75) is 104 Å². The molecule has 1 aromatic carbocycles. The Hall–Kier alpha value is -3.89. The Morgan fingerprint density at radius 3 is 2.43 bits per heavy atom. The lowest BCUT2D eigenvalue weighted by atomic mass is 9.85. The van der Waals surface area contributed by atoms with Gasteiger partial charge < -0.3 is 24.8 Å². The number of aliphatic carboxylic acids is 1. The van der Waals surface area contributed by atoms with E-state index in [1.165, 1.54) is 4.90 Å². The number of carbonyl (C=O) groups excluding carboxylic acids is 3. The molecule has 1 aliphatic carbocycles. The van der Waals surface area contributed by atoms with Gasteiger partial charge in [-0.05, 0) is 50.7 Å². The fourth-order valence-corrected chi connectivity index (χ4v) is 6.17. The van der Waals surface area contributed by atoms with Crippen molar-refractivity contribution in [3.63, 3.8) is 0 Å². The monoisotopic (exact) mass is 610 g/mol. The van der Waals surface area contributed by atoms with Crippen molar-refractivity contribution in [2.75, 3.05) is 6.54 Å². The first-order valence-electron chi connectivity index (χ1n) is 15.3. The maximum Gasteiger partial charge on any atom is 0.408 e. The number of nitrogens with zero attached hydrogens (tertiary/aromatic N) is 3. The zero-order valence-corrected chi connectivity index (χ0v) is 26.9. The minimum absolute atomic E-state index is 0.0619. The van der Waals surface area contributed by atoms with Crippen LogP contribution in [-0.2, 0) is 25.7 Å². The molecule has 0 spiro atoms. The largest absolute Gasteiger partial charge is 0.481 e. The second kappa shape index (κ2) is 12.2. The van der Waals surface area contributed by atoms with Gasteiger partial charge >= 0.3 is 12.1 Å². The van der Waals surface area contributed by atoms with Crippen molar-refractivity contribution >= 4 is 34.8 Å². The van der Waals surface area contributed by atoms with Crippen LogP contribution in [0.1, 0.15) is 74.1 Å². The van der Waals surface area contributed by atoms with Crippen molar-refractivity contribution in [2.24, 2.45) is 16.7 Å². The highest BCUT2D eigenvalue weighted by Gasteiger charge is 2.61. The van der Waals surface area contributed by atoms with Crippen molar-refractivity contribution in [3.05, 3.63) is 36.9 Å². The molecule has 1 saturated heterocycles. The zero-order chi connectivity index (χ0) is 32.6. The minimum atomic E-state index is -1.12. The number of allylic oxidation sites excluding steroid dienone is 1. The molecule has 0 bridgehead atoms. The molecule has 1 aromatic heterocycles. The van der Waals surface area contributed by atoms with E-state index in [2.05, 4.69) is 16.9 Å². The molecule has 11 nitrogen and oxygen atoms in total. The van der Waals surface area contributed by atoms with Gasteiger partial charge in [0.05, 0.1) is 29.0 Å². The SMILES string of the molecule is C=CCn1c(O[C@@H]2C[C@@H](C(=O)C[C@]3(C(=O)O)C[C@H]3CC)N(C(=O)[C@@H](NC(=O)OC(C)(C)C)C(C)(C)C)C2)nc2ccccc21. The minimum Gasteiger partial charge on any atom is -0.481 e. The number of alkyl carbamates (subject to hydrolysis) is 1. The number of aromatic nitrogens is 2. The van der Waals surface area contributed by atoms with Gasteiger partial charge in [-0.2, -0.15) is 4.98 Å². The Kier molecular flexibility index (Phi) is 9.19. The smallest absolute Gasteiger partial charge is 0.408 e. The second-order valence-electron chi connectivity index (χ2n) is 14.1. The number of imidazole rings is 1. The average molecular weight is 611 g/mol. The van der Waals surface area contributed by atoms with E-state index < -0.39 is 52.6 Å². The standard InChI is InChI=1S/C33H46N4O7/c1-9-15-36-23-14-12-11-13-22(23)34-29(36)43-21-16-24(25(38)18-33(28(40)41)17-20(33)10-2)37(19-21)27(39)26(31(3,4)5)35-30(42)44-32(6,7)8/h9,11-14,20-21,24,26H,1,10,15-19H2,2-8H3,(H,35,42)(H,40,41)/t20-,21-,24+,26-,33-/m1/s1. The van der Waals surface area contributed by atoms with Crippen LogP contribution in [0.4, 0.5) is 4.79 Å². The summed E-state index contributed by atoms with van der Waals surface area (Å²) in [5.41, 5.74) is -1.03. The molecule has 1 aliphatic heterocycles. The quantitative estimate of drug-likeness (QED) is 0.340. The number of ether oxygens (including phenoxy) is 2. The first-order chi connectivity index (χ1) is 20.5. The van der Waals surface area contributed by atoms with E-state index in [1.54, 1.807) is 26.8 Å². The molecule has 1 saturated carbocycles. The number of Topliss-reactive ketones (excluding diaryl/α,β-unsaturated/α-hetero) is 1. The van der Waals surface area contributed by atoms with Crippen LogP contribution in [0.25, 0.3) is 11.0 Å². The lowest BCUT2D eigenvalue weighted by Gasteiger charge is -2.35. The number of benzene rings is 1. The van der Waals surface area contributed by atoms with Gasteiger partial charge in [0, 0.05) is 19.4 Å². The van der Waals surface area contributed by atoms with E-state index in [0.29, 0.717) is 25.4 Å². The topological polar surface area (TPSA) is 140 Å². The lowest BCUT2D eigenvalue weighted by Crippen LogP contribution is -2.57. The van der Waals surface area contributed by atoms with E-state index in [4.69, 9.17) is 9.47 Å². The van der Waals surface area contributed by atoms with Crippen molar-refractivity contribution in [1.82, 2.24) is 19.8 Å². The molecule has 2 amide bonds. The number of ketones is 1. The summed E-state index contributed by atoms with van der Waals surface area (Å²) < 4.78 is 13.7. The zero-order valence-electron chi connectivity index (χ0n) is 26.9. The van der Waals surface area contributed by atoms with Gasteiger partial charge in [0.2, 0.25) is 5.91 Å². The summed E-state index contributed by atoms with van der Waals surface area (Å²) in [5.74, 6) is -1.86. The molecule has 44 heavy (non-hydrogen) atoms. The third-order valence-corrected chi connectivity index (χ3v) is 8.54. The number of likely N-dealkylation sites (tertiary alicyclic amines) is 1. The summed E-state index contributed by atoms with van der Waals surface area (Å²) in [7, 11) is 0. The van der Waals surface area contributed by atoms with Crippen LogP contribution >= 0.6 is 0 Å². The molecule has 5 atom stereocenters. The van der Waals surface area contributed by atoms with Crippen LogP contribution in [0.15, 0.2) is 36.9 Å². The van der Waals surface area contributed by atoms with Gasteiger partial charge in [-0.3, -0.25) is 19.0 Å². The number of para-hydroxylation sites is 2. The molecule has 2 aliphatic rings. The normalized spacial score (nSPS) is 24.1.